The first-order valence-corrected chi connectivity index (χ1v) is 7.84. The van der Waals surface area contributed by atoms with Gasteiger partial charge in [0.05, 0.1) is 6.10 Å². The number of aliphatic hydroxyl groups is 1. The van der Waals surface area contributed by atoms with Crippen molar-refractivity contribution < 1.29 is 5.11 Å². The third kappa shape index (κ3) is 1.37. The van der Waals surface area contributed by atoms with Crippen molar-refractivity contribution in [3.63, 3.8) is 0 Å². The molecule has 98 valence electrons. The Morgan fingerprint density at radius 1 is 1.00 bits per heavy atom. The fraction of sp³-hybridized carbons (Fsp3) is 0.765. The fourth-order valence-corrected chi connectivity index (χ4v) is 5.81. The number of rotatable bonds is 0. The van der Waals surface area contributed by atoms with Gasteiger partial charge in [-0.15, -0.1) is 0 Å². The molecule has 1 heteroatoms. The molecular formula is C17H24O. The van der Waals surface area contributed by atoms with E-state index < -0.39 is 0 Å². The number of hydrogen-bond acceptors (Lipinski definition) is 1. The first-order chi connectivity index (χ1) is 8.81. The maximum atomic E-state index is 10.5. The van der Waals surface area contributed by atoms with E-state index in [1.54, 1.807) is 0 Å². The van der Waals surface area contributed by atoms with Crippen molar-refractivity contribution in [1.82, 2.24) is 0 Å². The van der Waals surface area contributed by atoms with Crippen molar-refractivity contribution in [1.29, 1.82) is 0 Å². The zero-order valence-corrected chi connectivity index (χ0v) is 11.1. The van der Waals surface area contributed by atoms with Gasteiger partial charge in [-0.05, 0) is 61.2 Å². The van der Waals surface area contributed by atoms with E-state index >= 15 is 0 Å². The second-order valence-electron chi connectivity index (χ2n) is 7.05. The van der Waals surface area contributed by atoms with Crippen molar-refractivity contribution in [3.8, 4) is 0 Å². The standard InChI is InChI=1S/C17H24O/c18-16-8-4-10-17(16)9-3-7-14-13-6-2-1-5-12(13)11-15(14)17/h1-2,5-6,12-16,18H,3-4,7-11H2/t12?,13?,14?,15?,16-,17-/m1/s1. The van der Waals surface area contributed by atoms with Gasteiger partial charge in [0.15, 0.2) is 0 Å². The lowest BCUT2D eigenvalue weighted by atomic mass is 9.60. The van der Waals surface area contributed by atoms with Crippen LogP contribution in [0.25, 0.3) is 0 Å². The normalized spacial score (nSPS) is 53.7. The first-order valence-electron chi connectivity index (χ1n) is 7.84. The molecule has 1 spiro atoms. The summed E-state index contributed by atoms with van der Waals surface area (Å²) < 4.78 is 0. The highest BCUT2D eigenvalue weighted by Crippen LogP contribution is 2.62. The van der Waals surface area contributed by atoms with E-state index in [1.165, 1.54) is 38.5 Å². The highest BCUT2D eigenvalue weighted by molar-refractivity contribution is 5.21. The Morgan fingerprint density at radius 2 is 1.78 bits per heavy atom. The number of allylic oxidation sites excluding steroid dienone is 4. The molecule has 0 aliphatic heterocycles. The molecule has 0 amide bonds. The van der Waals surface area contributed by atoms with Crippen molar-refractivity contribution in [2.24, 2.45) is 29.1 Å². The molecule has 3 fully saturated rings. The Balaban J connectivity index is 1.69. The Morgan fingerprint density at radius 3 is 2.61 bits per heavy atom. The molecule has 1 nitrogen and oxygen atoms in total. The molecule has 4 rings (SSSR count). The highest BCUT2D eigenvalue weighted by Gasteiger charge is 2.57. The van der Waals surface area contributed by atoms with E-state index in [0.29, 0.717) is 5.41 Å². The minimum absolute atomic E-state index is 0.00147. The van der Waals surface area contributed by atoms with Gasteiger partial charge in [0, 0.05) is 0 Å². The van der Waals surface area contributed by atoms with E-state index in [0.717, 1.165) is 30.1 Å². The van der Waals surface area contributed by atoms with Crippen LogP contribution < -0.4 is 0 Å². The van der Waals surface area contributed by atoms with Gasteiger partial charge >= 0.3 is 0 Å². The fourth-order valence-electron chi connectivity index (χ4n) is 5.81. The molecule has 4 aliphatic rings. The number of fused-ring (bicyclic) bond motifs is 4. The van der Waals surface area contributed by atoms with Crippen LogP contribution in [0.1, 0.15) is 44.9 Å². The van der Waals surface area contributed by atoms with Crippen LogP contribution in [-0.4, -0.2) is 11.2 Å². The molecular weight excluding hydrogens is 220 g/mol. The number of aliphatic hydroxyl groups excluding tert-OH is 1. The van der Waals surface area contributed by atoms with Crippen LogP contribution >= 0.6 is 0 Å². The summed E-state index contributed by atoms with van der Waals surface area (Å²) in [5.74, 6) is 3.21. The zero-order chi connectivity index (χ0) is 12.2. The molecule has 4 unspecified atom stereocenters. The van der Waals surface area contributed by atoms with Crippen LogP contribution in [0.4, 0.5) is 0 Å². The molecule has 4 aliphatic carbocycles. The molecule has 0 bridgehead atoms. The summed E-state index contributed by atoms with van der Waals surface area (Å²) in [6, 6.07) is 0. The van der Waals surface area contributed by atoms with Gasteiger partial charge in [-0.2, -0.15) is 0 Å². The monoisotopic (exact) mass is 244 g/mol. The van der Waals surface area contributed by atoms with Crippen molar-refractivity contribution in [3.05, 3.63) is 24.3 Å². The second-order valence-corrected chi connectivity index (χ2v) is 7.05. The average molecular weight is 244 g/mol. The number of hydrogen-bond donors (Lipinski definition) is 1. The van der Waals surface area contributed by atoms with Crippen molar-refractivity contribution >= 4 is 0 Å². The molecule has 0 saturated heterocycles. The molecule has 0 heterocycles. The third-order valence-corrected chi connectivity index (χ3v) is 6.54. The summed E-state index contributed by atoms with van der Waals surface area (Å²) in [7, 11) is 0. The Labute approximate surface area is 110 Å². The van der Waals surface area contributed by atoms with E-state index in [1.807, 2.05) is 0 Å². The van der Waals surface area contributed by atoms with Gasteiger partial charge in [-0.25, -0.2) is 0 Å². The predicted octanol–water partition coefficient (Wildman–Crippen LogP) is 3.70. The molecule has 0 aromatic carbocycles. The summed E-state index contributed by atoms with van der Waals surface area (Å²) >= 11 is 0. The maximum absolute atomic E-state index is 10.5. The summed E-state index contributed by atoms with van der Waals surface area (Å²) in [6.07, 6.45) is 18.4. The summed E-state index contributed by atoms with van der Waals surface area (Å²) in [4.78, 5) is 0. The maximum Gasteiger partial charge on any atom is 0.0599 e. The minimum Gasteiger partial charge on any atom is -0.393 e. The molecule has 18 heavy (non-hydrogen) atoms. The zero-order valence-electron chi connectivity index (χ0n) is 11.1. The predicted molar refractivity (Wildman–Crippen MR) is 73.0 cm³/mol. The molecule has 0 aromatic rings. The lowest BCUT2D eigenvalue weighted by Gasteiger charge is -2.46. The summed E-state index contributed by atoms with van der Waals surface area (Å²) in [5.41, 5.74) is 0.307. The van der Waals surface area contributed by atoms with Crippen LogP contribution in [0.5, 0.6) is 0 Å². The van der Waals surface area contributed by atoms with E-state index in [4.69, 9.17) is 0 Å². The average Bonchev–Trinajstić information content (AvgIpc) is 2.94. The Bertz CT molecular complexity index is 396. The van der Waals surface area contributed by atoms with Gasteiger partial charge in [-0.1, -0.05) is 37.1 Å². The summed E-state index contributed by atoms with van der Waals surface area (Å²) in [5, 5.41) is 10.5. The van der Waals surface area contributed by atoms with Gasteiger partial charge in [0.25, 0.3) is 0 Å². The lowest BCUT2D eigenvalue weighted by molar-refractivity contribution is -0.0421. The van der Waals surface area contributed by atoms with Gasteiger partial charge in [-0.3, -0.25) is 0 Å². The van der Waals surface area contributed by atoms with E-state index in [2.05, 4.69) is 24.3 Å². The molecule has 6 atom stereocenters. The Kier molecular flexibility index (Phi) is 2.49. The van der Waals surface area contributed by atoms with Gasteiger partial charge in [0.1, 0.15) is 0 Å². The van der Waals surface area contributed by atoms with Crippen LogP contribution in [0.2, 0.25) is 0 Å². The van der Waals surface area contributed by atoms with Gasteiger partial charge < -0.3 is 5.11 Å². The summed E-state index contributed by atoms with van der Waals surface area (Å²) in [6.45, 7) is 0. The lowest BCUT2D eigenvalue weighted by Crippen LogP contribution is -2.43. The SMILES string of the molecule is O[C@@H]1CCC[C@@]12CCCC1C3C=CC=CC3CC12. The topological polar surface area (TPSA) is 20.2 Å². The van der Waals surface area contributed by atoms with Crippen LogP contribution in [0.3, 0.4) is 0 Å². The molecule has 1 N–H and O–H groups in total. The van der Waals surface area contributed by atoms with Crippen LogP contribution in [-0.2, 0) is 0 Å². The molecule has 0 radical (unpaired) electrons. The van der Waals surface area contributed by atoms with Gasteiger partial charge in [0.2, 0.25) is 0 Å². The largest absolute Gasteiger partial charge is 0.393 e. The highest BCUT2D eigenvalue weighted by atomic mass is 16.3. The molecule has 3 saturated carbocycles. The second kappa shape index (κ2) is 3.96. The van der Waals surface area contributed by atoms with E-state index in [-0.39, 0.29) is 6.10 Å². The Hall–Kier alpha value is -0.560. The van der Waals surface area contributed by atoms with Crippen molar-refractivity contribution in [2.75, 3.05) is 0 Å². The van der Waals surface area contributed by atoms with E-state index in [9.17, 15) is 5.11 Å². The quantitative estimate of drug-likeness (QED) is 0.689. The third-order valence-electron chi connectivity index (χ3n) is 6.54. The first kappa shape index (κ1) is 11.3. The van der Waals surface area contributed by atoms with Crippen LogP contribution in [0.15, 0.2) is 24.3 Å². The van der Waals surface area contributed by atoms with Crippen molar-refractivity contribution in [2.45, 2.75) is 51.0 Å². The smallest absolute Gasteiger partial charge is 0.0599 e. The molecule has 0 aromatic heterocycles. The van der Waals surface area contributed by atoms with Crippen LogP contribution in [0, 0.1) is 29.1 Å². The minimum atomic E-state index is -0.00147.